The SMILES string of the molecule is COc1ccc(C)cc1NC(=O)[C@H](OC(=O)c1cc(S(=O)(=O)N2CCOCC2)ccc1C)c1ccccc1. The number of carbonyl (C=O) groups excluding carboxylic acids is 2. The molecule has 0 saturated carbocycles. The molecule has 10 heteroatoms. The van der Waals surface area contributed by atoms with Crippen LogP contribution >= 0.6 is 0 Å². The van der Waals surface area contributed by atoms with E-state index in [1.54, 1.807) is 55.5 Å². The maximum Gasteiger partial charge on any atom is 0.339 e. The van der Waals surface area contributed by atoms with Crippen molar-refractivity contribution in [1.82, 2.24) is 4.31 Å². The minimum Gasteiger partial charge on any atom is -0.495 e. The van der Waals surface area contributed by atoms with Gasteiger partial charge in [0.05, 0.1) is 36.5 Å². The molecule has 9 nitrogen and oxygen atoms in total. The van der Waals surface area contributed by atoms with Crippen molar-refractivity contribution in [3.05, 3.63) is 89.0 Å². The first-order valence-electron chi connectivity index (χ1n) is 12.1. The van der Waals surface area contributed by atoms with Gasteiger partial charge in [0.25, 0.3) is 5.91 Å². The van der Waals surface area contributed by atoms with E-state index in [2.05, 4.69) is 5.32 Å². The first-order valence-corrected chi connectivity index (χ1v) is 13.5. The monoisotopic (exact) mass is 538 g/mol. The van der Waals surface area contributed by atoms with Crippen molar-refractivity contribution in [2.24, 2.45) is 0 Å². The minimum absolute atomic E-state index is 0.0258. The van der Waals surface area contributed by atoms with Gasteiger partial charge in [-0.15, -0.1) is 0 Å². The zero-order chi connectivity index (χ0) is 27.3. The van der Waals surface area contributed by atoms with Gasteiger partial charge in [-0.2, -0.15) is 4.31 Å². The summed E-state index contributed by atoms with van der Waals surface area (Å²) in [6.07, 6.45) is -1.30. The highest BCUT2D eigenvalue weighted by atomic mass is 32.2. The molecule has 4 rings (SSSR count). The zero-order valence-corrected chi connectivity index (χ0v) is 22.3. The van der Waals surface area contributed by atoms with Crippen LogP contribution in [0.1, 0.15) is 33.2 Å². The molecule has 1 amide bonds. The second-order valence-corrected chi connectivity index (χ2v) is 10.8. The second-order valence-electron chi connectivity index (χ2n) is 8.88. The van der Waals surface area contributed by atoms with Crippen molar-refractivity contribution < 1.29 is 32.2 Å². The Hall–Kier alpha value is -3.73. The molecule has 1 saturated heterocycles. The lowest BCUT2D eigenvalue weighted by molar-refractivity contribution is -0.125. The number of morpholine rings is 1. The number of methoxy groups -OCH3 is 1. The van der Waals surface area contributed by atoms with E-state index in [0.29, 0.717) is 35.8 Å². The third-order valence-corrected chi connectivity index (χ3v) is 8.11. The largest absolute Gasteiger partial charge is 0.495 e. The highest BCUT2D eigenvalue weighted by Crippen LogP contribution is 2.29. The Morgan fingerprint density at radius 3 is 2.37 bits per heavy atom. The summed E-state index contributed by atoms with van der Waals surface area (Å²) in [6, 6.07) is 18.3. The Morgan fingerprint density at radius 1 is 0.974 bits per heavy atom. The number of benzene rings is 3. The summed E-state index contributed by atoms with van der Waals surface area (Å²) < 4.78 is 44.0. The molecular weight excluding hydrogens is 508 g/mol. The number of nitrogens with zero attached hydrogens (tertiary/aromatic N) is 1. The number of amides is 1. The van der Waals surface area contributed by atoms with Gasteiger partial charge in [-0.1, -0.05) is 42.5 Å². The molecule has 1 aliphatic rings. The molecule has 0 aromatic heterocycles. The van der Waals surface area contributed by atoms with Gasteiger partial charge in [-0.25, -0.2) is 13.2 Å². The summed E-state index contributed by atoms with van der Waals surface area (Å²) in [6.45, 7) is 4.63. The van der Waals surface area contributed by atoms with Crippen molar-refractivity contribution >= 4 is 27.6 Å². The lowest BCUT2D eigenvalue weighted by Crippen LogP contribution is -2.40. The maximum atomic E-state index is 13.4. The quantitative estimate of drug-likeness (QED) is 0.434. The average molecular weight is 539 g/mol. The van der Waals surface area contributed by atoms with E-state index < -0.39 is 28.0 Å². The summed E-state index contributed by atoms with van der Waals surface area (Å²) in [5.41, 5.74) is 2.37. The average Bonchev–Trinajstić information content (AvgIpc) is 2.92. The van der Waals surface area contributed by atoms with E-state index in [1.807, 2.05) is 13.0 Å². The van der Waals surface area contributed by atoms with E-state index in [9.17, 15) is 18.0 Å². The van der Waals surface area contributed by atoms with Crippen LogP contribution in [-0.4, -0.2) is 58.0 Å². The Morgan fingerprint density at radius 2 is 1.68 bits per heavy atom. The topological polar surface area (TPSA) is 111 Å². The summed E-state index contributed by atoms with van der Waals surface area (Å²) in [4.78, 5) is 26.8. The number of rotatable bonds is 8. The van der Waals surface area contributed by atoms with Gasteiger partial charge < -0.3 is 19.5 Å². The van der Waals surface area contributed by atoms with Gasteiger partial charge >= 0.3 is 5.97 Å². The summed E-state index contributed by atoms with van der Waals surface area (Å²) in [5.74, 6) is -0.941. The van der Waals surface area contributed by atoms with Gasteiger partial charge in [0.15, 0.2) is 0 Å². The summed E-state index contributed by atoms with van der Waals surface area (Å²) in [7, 11) is -2.34. The molecule has 3 aromatic carbocycles. The fourth-order valence-electron chi connectivity index (χ4n) is 4.11. The highest BCUT2D eigenvalue weighted by molar-refractivity contribution is 7.89. The van der Waals surface area contributed by atoms with Crippen LogP contribution in [-0.2, 0) is 24.3 Å². The van der Waals surface area contributed by atoms with Crippen LogP contribution in [0.4, 0.5) is 5.69 Å². The number of ether oxygens (including phenoxy) is 3. The van der Waals surface area contributed by atoms with Gasteiger partial charge in [0, 0.05) is 18.7 Å². The van der Waals surface area contributed by atoms with Crippen LogP contribution in [0.2, 0.25) is 0 Å². The van der Waals surface area contributed by atoms with Crippen LogP contribution < -0.4 is 10.1 Å². The highest BCUT2D eigenvalue weighted by Gasteiger charge is 2.30. The third-order valence-electron chi connectivity index (χ3n) is 6.21. The third kappa shape index (κ3) is 6.04. The Balaban J connectivity index is 1.63. The molecule has 1 heterocycles. The number of anilines is 1. The van der Waals surface area contributed by atoms with Crippen molar-refractivity contribution in [1.29, 1.82) is 0 Å². The Kier molecular flexibility index (Phi) is 8.45. The molecule has 0 radical (unpaired) electrons. The van der Waals surface area contributed by atoms with Gasteiger partial charge in [0.2, 0.25) is 16.1 Å². The molecule has 1 fully saturated rings. The molecular formula is C28H30N2O7S. The summed E-state index contributed by atoms with van der Waals surface area (Å²) in [5, 5.41) is 2.80. The van der Waals surface area contributed by atoms with Gasteiger partial charge in [-0.3, -0.25) is 4.79 Å². The normalized spacial score (nSPS) is 14.9. The number of nitrogens with one attached hydrogen (secondary N) is 1. The van der Waals surface area contributed by atoms with E-state index in [-0.39, 0.29) is 23.5 Å². The molecule has 3 aromatic rings. The molecule has 1 atom stereocenters. The van der Waals surface area contributed by atoms with E-state index in [1.165, 1.54) is 23.5 Å². The van der Waals surface area contributed by atoms with E-state index in [4.69, 9.17) is 14.2 Å². The molecule has 0 spiro atoms. The number of aryl methyl sites for hydroxylation is 2. The zero-order valence-electron chi connectivity index (χ0n) is 21.5. The Labute approximate surface area is 222 Å². The lowest BCUT2D eigenvalue weighted by Gasteiger charge is -2.26. The predicted molar refractivity (Wildman–Crippen MR) is 142 cm³/mol. The van der Waals surface area contributed by atoms with Gasteiger partial charge in [-0.05, 0) is 49.2 Å². The van der Waals surface area contributed by atoms with E-state index in [0.717, 1.165) is 5.56 Å². The predicted octanol–water partition coefficient (Wildman–Crippen LogP) is 3.87. The van der Waals surface area contributed by atoms with Crippen LogP contribution in [0.3, 0.4) is 0 Å². The van der Waals surface area contributed by atoms with Crippen molar-refractivity contribution in [3.8, 4) is 5.75 Å². The van der Waals surface area contributed by atoms with Crippen molar-refractivity contribution in [2.75, 3.05) is 38.7 Å². The standard InChI is InChI=1S/C28H30N2O7S/c1-19-9-12-25(35-3)24(17-19)29-27(31)26(21-7-5-4-6-8-21)37-28(32)23-18-22(11-10-20(23)2)38(33,34)30-13-15-36-16-14-30/h4-12,17-18,26H,13-16H2,1-3H3,(H,29,31)/t26-/m1/s1. The lowest BCUT2D eigenvalue weighted by atomic mass is 10.1. The smallest absolute Gasteiger partial charge is 0.339 e. The molecule has 1 aliphatic heterocycles. The molecule has 0 bridgehead atoms. The molecule has 200 valence electrons. The number of hydrogen-bond acceptors (Lipinski definition) is 7. The number of esters is 1. The number of hydrogen-bond donors (Lipinski definition) is 1. The first-order chi connectivity index (χ1) is 18.2. The Bertz CT molecular complexity index is 1420. The van der Waals surface area contributed by atoms with Crippen molar-refractivity contribution in [2.45, 2.75) is 24.8 Å². The molecule has 0 unspecified atom stereocenters. The van der Waals surface area contributed by atoms with E-state index >= 15 is 0 Å². The fraction of sp³-hybridized carbons (Fsp3) is 0.286. The van der Waals surface area contributed by atoms with Gasteiger partial charge in [0.1, 0.15) is 5.75 Å². The molecule has 1 N–H and O–H groups in total. The fourth-order valence-corrected chi connectivity index (χ4v) is 5.54. The summed E-state index contributed by atoms with van der Waals surface area (Å²) >= 11 is 0. The molecule has 38 heavy (non-hydrogen) atoms. The second kappa shape index (κ2) is 11.8. The first kappa shape index (κ1) is 27.3. The van der Waals surface area contributed by atoms with Crippen LogP contribution in [0, 0.1) is 13.8 Å². The molecule has 0 aliphatic carbocycles. The van der Waals surface area contributed by atoms with Crippen molar-refractivity contribution in [3.63, 3.8) is 0 Å². The maximum absolute atomic E-state index is 13.4. The number of sulfonamides is 1. The van der Waals surface area contributed by atoms with Crippen LogP contribution in [0.5, 0.6) is 5.75 Å². The minimum atomic E-state index is -3.83. The van der Waals surface area contributed by atoms with Crippen LogP contribution in [0.15, 0.2) is 71.6 Å². The van der Waals surface area contributed by atoms with Crippen LogP contribution in [0.25, 0.3) is 0 Å². The number of carbonyl (C=O) groups is 2.